The van der Waals surface area contributed by atoms with Gasteiger partial charge in [-0.25, -0.2) is 4.98 Å². The Labute approximate surface area is 124 Å². The number of benzene rings is 1. The molecule has 2 aromatic rings. The van der Waals surface area contributed by atoms with E-state index in [1.807, 2.05) is 0 Å². The van der Waals surface area contributed by atoms with E-state index in [1.54, 1.807) is 25.1 Å². The van der Waals surface area contributed by atoms with E-state index in [-0.39, 0.29) is 11.2 Å². The first-order valence-electron chi connectivity index (χ1n) is 5.34. The van der Waals surface area contributed by atoms with E-state index < -0.39 is 0 Å². The lowest BCUT2D eigenvalue weighted by Crippen LogP contribution is -2.22. The largest absolute Gasteiger partial charge is 0.324 e. The van der Waals surface area contributed by atoms with Crippen molar-refractivity contribution in [3.63, 3.8) is 0 Å². The summed E-state index contributed by atoms with van der Waals surface area (Å²) < 4.78 is 0. The van der Waals surface area contributed by atoms with Gasteiger partial charge in [0.05, 0.1) is 16.0 Å². The lowest BCUT2D eigenvalue weighted by molar-refractivity contribution is -0.115. The summed E-state index contributed by atoms with van der Waals surface area (Å²) in [6.45, 7) is 1.77. The number of H-pyrrole nitrogens is 1. The van der Waals surface area contributed by atoms with Crippen molar-refractivity contribution in [2.24, 2.45) is 0 Å². The minimum Gasteiger partial charge on any atom is -0.324 e. The second-order valence-electron chi connectivity index (χ2n) is 3.66. The summed E-state index contributed by atoms with van der Waals surface area (Å²) in [6.07, 6.45) is 1.39. The van der Waals surface area contributed by atoms with Gasteiger partial charge in [0.2, 0.25) is 5.91 Å². The van der Waals surface area contributed by atoms with Crippen molar-refractivity contribution in [2.45, 2.75) is 17.3 Å². The molecule has 100 valence electrons. The van der Waals surface area contributed by atoms with Crippen LogP contribution in [0, 0.1) is 0 Å². The number of nitrogens with zero attached hydrogens (tertiary/aromatic N) is 2. The maximum atomic E-state index is 12.0. The zero-order valence-electron chi connectivity index (χ0n) is 9.85. The molecule has 19 heavy (non-hydrogen) atoms. The summed E-state index contributed by atoms with van der Waals surface area (Å²) >= 11 is 13.1. The minimum absolute atomic E-state index is 0.175. The molecule has 0 aliphatic carbocycles. The monoisotopic (exact) mass is 316 g/mol. The minimum atomic E-state index is -0.334. The average molecular weight is 317 g/mol. The molecule has 1 aromatic heterocycles. The van der Waals surface area contributed by atoms with Crippen LogP contribution in [0.3, 0.4) is 0 Å². The van der Waals surface area contributed by atoms with E-state index in [1.165, 1.54) is 18.1 Å². The highest BCUT2D eigenvalue weighted by molar-refractivity contribution is 8.00. The highest BCUT2D eigenvalue weighted by Crippen LogP contribution is 2.26. The third kappa shape index (κ3) is 3.86. The van der Waals surface area contributed by atoms with Crippen molar-refractivity contribution in [1.29, 1.82) is 0 Å². The molecule has 0 aliphatic rings. The summed E-state index contributed by atoms with van der Waals surface area (Å²) in [7, 11) is 0. The van der Waals surface area contributed by atoms with Gasteiger partial charge in [-0.1, -0.05) is 35.0 Å². The Morgan fingerprint density at radius 1 is 1.47 bits per heavy atom. The first kappa shape index (κ1) is 14.2. The SMILES string of the molecule is C[C@@H](Sc1ncn[nH]1)C(=O)Nc1ccc(Cl)cc1Cl. The van der Waals surface area contributed by atoms with E-state index in [9.17, 15) is 4.79 Å². The second kappa shape index (κ2) is 6.27. The Morgan fingerprint density at radius 2 is 2.26 bits per heavy atom. The molecule has 0 aliphatic heterocycles. The van der Waals surface area contributed by atoms with Crippen LogP contribution < -0.4 is 5.32 Å². The number of hydrogen-bond donors (Lipinski definition) is 2. The van der Waals surface area contributed by atoms with Gasteiger partial charge in [-0.3, -0.25) is 9.89 Å². The lowest BCUT2D eigenvalue weighted by Gasteiger charge is -2.11. The maximum absolute atomic E-state index is 12.0. The first-order valence-corrected chi connectivity index (χ1v) is 6.98. The van der Waals surface area contributed by atoms with Gasteiger partial charge in [-0.05, 0) is 25.1 Å². The Morgan fingerprint density at radius 3 is 2.89 bits per heavy atom. The van der Waals surface area contributed by atoms with Crippen LogP contribution in [0.1, 0.15) is 6.92 Å². The Bertz CT molecular complexity index is 576. The van der Waals surface area contributed by atoms with Crippen LogP contribution in [0.15, 0.2) is 29.7 Å². The van der Waals surface area contributed by atoms with E-state index in [2.05, 4.69) is 20.5 Å². The zero-order valence-corrected chi connectivity index (χ0v) is 12.2. The molecule has 1 atom stereocenters. The van der Waals surface area contributed by atoms with E-state index in [0.717, 1.165) is 0 Å². The fourth-order valence-corrected chi connectivity index (χ4v) is 2.47. The summed E-state index contributed by atoms with van der Waals surface area (Å²) in [5.41, 5.74) is 0.529. The van der Waals surface area contributed by atoms with Gasteiger partial charge in [0.1, 0.15) is 6.33 Å². The Balaban J connectivity index is 2.00. The topological polar surface area (TPSA) is 70.7 Å². The van der Waals surface area contributed by atoms with Crippen LogP contribution >= 0.6 is 35.0 Å². The molecule has 0 saturated heterocycles. The van der Waals surface area contributed by atoms with Gasteiger partial charge in [0.25, 0.3) is 0 Å². The molecule has 0 spiro atoms. The first-order chi connectivity index (χ1) is 9.06. The van der Waals surface area contributed by atoms with Crippen LogP contribution in [-0.4, -0.2) is 26.3 Å². The fourth-order valence-electron chi connectivity index (χ4n) is 1.30. The van der Waals surface area contributed by atoms with Crippen molar-refractivity contribution in [3.05, 3.63) is 34.6 Å². The molecule has 0 radical (unpaired) electrons. The predicted octanol–water partition coefficient (Wildman–Crippen LogP) is 3.23. The molecule has 2 N–H and O–H groups in total. The van der Waals surface area contributed by atoms with E-state index in [0.29, 0.717) is 20.9 Å². The van der Waals surface area contributed by atoms with Crippen molar-refractivity contribution in [2.75, 3.05) is 5.32 Å². The normalized spacial score (nSPS) is 12.2. The molecule has 5 nitrogen and oxygen atoms in total. The van der Waals surface area contributed by atoms with Gasteiger partial charge in [-0.15, -0.1) is 0 Å². The Hall–Kier alpha value is -1.24. The average Bonchev–Trinajstić information content (AvgIpc) is 2.85. The van der Waals surface area contributed by atoms with Crippen molar-refractivity contribution < 1.29 is 4.79 Å². The number of carbonyl (C=O) groups excluding carboxylic acids is 1. The molecule has 1 amide bonds. The fraction of sp³-hybridized carbons (Fsp3) is 0.182. The number of hydrogen-bond acceptors (Lipinski definition) is 4. The number of carbonyl (C=O) groups is 1. The molecule has 1 aromatic carbocycles. The number of nitrogens with one attached hydrogen (secondary N) is 2. The van der Waals surface area contributed by atoms with E-state index >= 15 is 0 Å². The predicted molar refractivity (Wildman–Crippen MR) is 76.8 cm³/mol. The number of halogens is 2. The standard InChI is InChI=1S/C11H10Cl2N4OS/c1-6(19-11-14-5-15-17-11)10(18)16-9-3-2-7(12)4-8(9)13/h2-6H,1H3,(H,16,18)(H,14,15,17)/t6-/m1/s1. The summed E-state index contributed by atoms with van der Waals surface area (Å²) in [4.78, 5) is 15.9. The lowest BCUT2D eigenvalue weighted by atomic mass is 10.3. The third-order valence-electron chi connectivity index (χ3n) is 2.24. The van der Waals surface area contributed by atoms with Gasteiger partial charge >= 0.3 is 0 Å². The Kier molecular flexibility index (Phi) is 4.68. The molecule has 2 rings (SSSR count). The van der Waals surface area contributed by atoms with Crippen molar-refractivity contribution in [1.82, 2.24) is 15.2 Å². The molecule has 0 fully saturated rings. The zero-order chi connectivity index (χ0) is 13.8. The number of anilines is 1. The number of amides is 1. The quantitative estimate of drug-likeness (QED) is 0.849. The van der Waals surface area contributed by atoms with Gasteiger partial charge < -0.3 is 5.32 Å². The van der Waals surface area contributed by atoms with Crippen molar-refractivity contribution in [3.8, 4) is 0 Å². The molecule has 0 saturated carbocycles. The smallest absolute Gasteiger partial charge is 0.237 e. The van der Waals surface area contributed by atoms with Gasteiger partial charge in [0.15, 0.2) is 5.16 Å². The molecule has 0 unspecified atom stereocenters. The number of thioether (sulfide) groups is 1. The summed E-state index contributed by atoms with van der Waals surface area (Å²) in [6, 6.07) is 4.90. The van der Waals surface area contributed by atoms with Gasteiger partial charge in [-0.2, -0.15) is 5.10 Å². The third-order valence-corrected chi connectivity index (χ3v) is 3.77. The molecular formula is C11H10Cl2N4OS. The number of rotatable bonds is 4. The molecule has 1 heterocycles. The molecular weight excluding hydrogens is 307 g/mol. The van der Waals surface area contributed by atoms with E-state index in [4.69, 9.17) is 23.2 Å². The molecule has 0 bridgehead atoms. The second-order valence-corrected chi connectivity index (χ2v) is 5.84. The molecule has 8 heteroatoms. The van der Waals surface area contributed by atoms with Crippen LogP contribution in [0.5, 0.6) is 0 Å². The summed E-state index contributed by atoms with van der Waals surface area (Å²) in [5.74, 6) is -0.175. The number of aromatic nitrogens is 3. The van der Waals surface area contributed by atoms with Crippen LogP contribution in [0.4, 0.5) is 5.69 Å². The van der Waals surface area contributed by atoms with Crippen LogP contribution in [0.25, 0.3) is 0 Å². The highest BCUT2D eigenvalue weighted by Gasteiger charge is 2.17. The highest BCUT2D eigenvalue weighted by atomic mass is 35.5. The summed E-state index contributed by atoms with van der Waals surface area (Å²) in [5, 5.41) is 10.3. The van der Waals surface area contributed by atoms with Gasteiger partial charge in [0, 0.05) is 5.02 Å². The van der Waals surface area contributed by atoms with Crippen LogP contribution in [0.2, 0.25) is 10.0 Å². The maximum Gasteiger partial charge on any atom is 0.237 e. The van der Waals surface area contributed by atoms with Crippen LogP contribution in [-0.2, 0) is 4.79 Å². The number of aromatic amines is 1. The van der Waals surface area contributed by atoms with Crippen molar-refractivity contribution >= 4 is 46.6 Å².